The Morgan fingerprint density at radius 1 is 1.24 bits per heavy atom. The maximum absolute atomic E-state index is 12.3. The minimum Gasteiger partial charge on any atom is -0.508 e. The van der Waals surface area contributed by atoms with Gasteiger partial charge in [0.2, 0.25) is 0 Å². The molecule has 0 aromatic heterocycles. The van der Waals surface area contributed by atoms with E-state index in [9.17, 15) is 9.90 Å². The fraction of sp³-hybridized carbons (Fsp3) is 0.316. The Hall–Kier alpha value is -2.41. The van der Waals surface area contributed by atoms with Gasteiger partial charge in [0.1, 0.15) is 12.4 Å². The van der Waals surface area contributed by atoms with Crippen molar-refractivity contribution in [1.29, 1.82) is 0 Å². The molecule has 3 rings (SSSR count). The molecule has 6 nitrogen and oxygen atoms in total. The van der Waals surface area contributed by atoms with Gasteiger partial charge in [0.25, 0.3) is 5.91 Å². The van der Waals surface area contributed by atoms with E-state index in [2.05, 4.69) is 4.84 Å². The lowest BCUT2D eigenvalue weighted by Crippen LogP contribution is -2.44. The molecule has 0 bridgehead atoms. The first kappa shape index (κ1) is 17.4. The molecule has 1 unspecified atom stereocenters. The molecule has 0 saturated heterocycles. The lowest BCUT2D eigenvalue weighted by molar-refractivity contribution is -0.141. The molecule has 0 spiro atoms. The number of carbonyl (C=O) groups excluding carboxylic acids is 1. The van der Waals surface area contributed by atoms with Crippen molar-refractivity contribution in [3.8, 4) is 5.75 Å². The van der Waals surface area contributed by atoms with Gasteiger partial charge in [-0.1, -0.05) is 36.4 Å². The SMILES string of the molecule is NOCC(=O)N1CCc2cc(O)ccc2C1COCc1ccccc1. The van der Waals surface area contributed by atoms with Crippen LogP contribution in [0.25, 0.3) is 0 Å². The van der Waals surface area contributed by atoms with E-state index < -0.39 is 0 Å². The summed E-state index contributed by atoms with van der Waals surface area (Å²) in [6.45, 7) is 1.21. The van der Waals surface area contributed by atoms with Gasteiger partial charge in [0.15, 0.2) is 0 Å². The smallest absolute Gasteiger partial charge is 0.251 e. The second-order valence-electron chi connectivity index (χ2n) is 6.05. The first-order valence-electron chi connectivity index (χ1n) is 8.23. The third-order valence-corrected chi connectivity index (χ3v) is 4.40. The van der Waals surface area contributed by atoms with Crippen LogP contribution in [0.2, 0.25) is 0 Å². The van der Waals surface area contributed by atoms with Crippen molar-refractivity contribution in [2.75, 3.05) is 19.8 Å². The topological polar surface area (TPSA) is 85.0 Å². The van der Waals surface area contributed by atoms with Gasteiger partial charge in [-0.3, -0.25) is 9.63 Å². The number of amides is 1. The van der Waals surface area contributed by atoms with Crippen LogP contribution >= 0.6 is 0 Å². The Bertz CT molecular complexity index is 721. The van der Waals surface area contributed by atoms with Gasteiger partial charge < -0.3 is 14.7 Å². The first-order chi connectivity index (χ1) is 12.2. The summed E-state index contributed by atoms with van der Waals surface area (Å²) < 4.78 is 5.88. The molecule has 1 aliphatic heterocycles. The molecule has 132 valence electrons. The molecule has 2 aromatic carbocycles. The Morgan fingerprint density at radius 3 is 2.80 bits per heavy atom. The summed E-state index contributed by atoms with van der Waals surface area (Å²) in [5.41, 5.74) is 3.10. The summed E-state index contributed by atoms with van der Waals surface area (Å²) >= 11 is 0. The van der Waals surface area contributed by atoms with E-state index in [4.69, 9.17) is 10.6 Å². The quantitative estimate of drug-likeness (QED) is 0.784. The monoisotopic (exact) mass is 342 g/mol. The molecule has 25 heavy (non-hydrogen) atoms. The summed E-state index contributed by atoms with van der Waals surface area (Å²) in [7, 11) is 0. The van der Waals surface area contributed by atoms with Crippen molar-refractivity contribution in [2.24, 2.45) is 5.90 Å². The van der Waals surface area contributed by atoms with Crippen molar-refractivity contribution in [3.05, 3.63) is 65.2 Å². The number of fused-ring (bicyclic) bond motifs is 1. The zero-order chi connectivity index (χ0) is 17.6. The number of ether oxygens (including phenoxy) is 1. The highest BCUT2D eigenvalue weighted by molar-refractivity contribution is 5.78. The van der Waals surface area contributed by atoms with Crippen molar-refractivity contribution in [1.82, 2.24) is 4.90 Å². The number of hydrogen-bond acceptors (Lipinski definition) is 5. The maximum Gasteiger partial charge on any atom is 0.251 e. The zero-order valence-corrected chi connectivity index (χ0v) is 13.9. The van der Waals surface area contributed by atoms with E-state index in [0.717, 1.165) is 16.7 Å². The standard InChI is InChI=1S/C19H22N2O4/c20-25-13-19(23)21-9-8-15-10-16(22)6-7-17(15)18(21)12-24-11-14-4-2-1-3-5-14/h1-7,10,18,22H,8-9,11-13,20H2. The number of hydrogen-bond donors (Lipinski definition) is 2. The van der Waals surface area contributed by atoms with Crippen LogP contribution in [0.5, 0.6) is 5.75 Å². The Kier molecular flexibility index (Phi) is 5.65. The second kappa shape index (κ2) is 8.11. The van der Waals surface area contributed by atoms with Crippen molar-refractivity contribution in [2.45, 2.75) is 19.1 Å². The Labute approximate surface area is 146 Å². The molecule has 2 aromatic rings. The third kappa shape index (κ3) is 4.17. The fourth-order valence-electron chi connectivity index (χ4n) is 3.19. The molecule has 0 radical (unpaired) electrons. The zero-order valence-electron chi connectivity index (χ0n) is 13.9. The van der Waals surface area contributed by atoms with Crippen LogP contribution in [0, 0.1) is 0 Å². The number of rotatable bonds is 6. The Morgan fingerprint density at radius 2 is 2.04 bits per heavy atom. The molecular formula is C19H22N2O4. The fourth-order valence-corrected chi connectivity index (χ4v) is 3.19. The second-order valence-corrected chi connectivity index (χ2v) is 6.05. The van der Waals surface area contributed by atoms with Crippen LogP contribution in [0.1, 0.15) is 22.7 Å². The van der Waals surface area contributed by atoms with E-state index in [1.165, 1.54) is 0 Å². The highest BCUT2D eigenvalue weighted by atomic mass is 16.6. The maximum atomic E-state index is 12.3. The van der Waals surface area contributed by atoms with Crippen LogP contribution in [0.15, 0.2) is 48.5 Å². The number of phenols is 1. The molecule has 1 atom stereocenters. The highest BCUT2D eigenvalue weighted by Crippen LogP contribution is 2.32. The van der Waals surface area contributed by atoms with E-state index >= 15 is 0 Å². The third-order valence-electron chi connectivity index (χ3n) is 4.40. The van der Waals surface area contributed by atoms with E-state index in [1.54, 1.807) is 17.0 Å². The molecule has 0 saturated carbocycles. The van der Waals surface area contributed by atoms with Crippen molar-refractivity contribution in [3.63, 3.8) is 0 Å². The molecular weight excluding hydrogens is 320 g/mol. The summed E-state index contributed by atoms with van der Waals surface area (Å²) in [6, 6.07) is 14.9. The molecule has 3 N–H and O–H groups in total. The molecule has 1 aliphatic rings. The average Bonchev–Trinajstić information content (AvgIpc) is 2.62. The number of phenolic OH excluding ortho intramolecular Hbond substituents is 1. The highest BCUT2D eigenvalue weighted by Gasteiger charge is 2.31. The lowest BCUT2D eigenvalue weighted by Gasteiger charge is -2.37. The van der Waals surface area contributed by atoms with Gasteiger partial charge in [-0.25, -0.2) is 5.90 Å². The minimum atomic E-state index is -0.226. The van der Waals surface area contributed by atoms with Gasteiger partial charge >= 0.3 is 0 Å². The van der Waals surface area contributed by atoms with E-state index in [0.29, 0.717) is 26.2 Å². The van der Waals surface area contributed by atoms with Crippen LogP contribution in [0.3, 0.4) is 0 Å². The normalized spacial score (nSPS) is 16.5. The number of nitrogens with zero attached hydrogens (tertiary/aromatic N) is 1. The van der Waals surface area contributed by atoms with Gasteiger partial charge in [-0.15, -0.1) is 0 Å². The van der Waals surface area contributed by atoms with Crippen LogP contribution < -0.4 is 5.90 Å². The molecule has 0 fully saturated rings. The first-order valence-corrected chi connectivity index (χ1v) is 8.23. The lowest BCUT2D eigenvalue weighted by atomic mass is 9.92. The number of carbonyl (C=O) groups is 1. The van der Waals surface area contributed by atoms with Crippen LogP contribution in [-0.4, -0.2) is 35.7 Å². The minimum absolute atomic E-state index is 0.164. The van der Waals surface area contributed by atoms with E-state index in [1.807, 2.05) is 36.4 Å². The largest absolute Gasteiger partial charge is 0.508 e. The summed E-state index contributed by atoms with van der Waals surface area (Å²) in [5.74, 6) is 5.12. The predicted molar refractivity (Wildman–Crippen MR) is 92.5 cm³/mol. The summed E-state index contributed by atoms with van der Waals surface area (Å²) in [6.07, 6.45) is 0.676. The van der Waals surface area contributed by atoms with E-state index in [-0.39, 0.29) is 24.3 Å². The molecule has 6 heteroatoms. The van der Waals surface area contributed by atoms with Gasteiger partial charge in [0.05, 0.1) is 19.3 Å². The predicted octanol–water partition coefficient (Wildman–Crippen LogP) is 1.93. The van der Waals surface area contributed by atoms with Crippen molar-refractivity contribution >= 4 is 5.91 Å². The Balaban J connectivity index is 1.76. The number of benzene rings is 2. The number of nitrogens with two attached hydrogens (primary N) is 1. The summed E-state index contributed by atoms with van der Waals surface area (Å²) in [5, 5.41) is 9.71. The number of aromatic hydroxyl groups is 1. The molecule has 1 amide bonds. The average molecular weight is 342 g/mol. The van der Waals surface area contributed by atoms with Crippen molar-refractivity contribution < 1.29 is 19.5 Å². The van der Waals surface area contributed by atoms with Crippen LogP contribution in [-0.2, 0) is 27.4 Å². The van der Waals surface area contributed by atoms with Gasteiger partial charge in [-0.05, 0) is 35.2 Å². The van der Waals surface area contributed by atoms with Gasteiger partial charge in [0, 0.05) is 6.54 Å². The molecule has 0 aliphatic carbocycles. The molecule has 1 heterocycles. The summed E-state index contributed by atoms with van der Waals surface area (Å²) in [4.78, 5) is 18.6. The van der Waals surface area contributed by atoms with Gasteiger partial charge in [-0.2, -0.15) is 0 Å². The van der Waals surface area contributed by atoms with Crippen LogP contribution in [0.4, 0.5) is 0 Å².